The molecule has 2 aliphatic rings. The van der Waals surface area contributed by atoms with Crippen LogP contribution in [-0.2, 0) is 33.3 Å². The first kappa shape index (κ1) is 15.4. The van der Waals surface area contributed by atoms with Crippen molar-refractivity contribution >= 4 is 16.1 Å². The van der Waals surface area contributed by atoms with E-state index in [-0.39, 0.29) is 0 Å². The van der Waals surface area contributed by atoms with Gasteiger partial charge in [-0.05, 0) is 19.9 Å². The molecule has 0 saturated carbocycles. The molecule has 1 unspecified atom stereocenters. The summed E-state index contributed by atoms with van der Waals surface area (Å²) in [4.78, 5) is 11.6. The molecular weight excluding hydrogens is 288 g/mol. The molecule has 0 amide bonds. The molecule has 0 N–H and O–H groups in total. The lowest BCUT2D eigenvalue weighted by Crippen LogP contribution is -2.41. The highest BCUT2D eigenvalue weighted by molar-refractivity contribution is 7.86. The van der Waals surface area contributed by atoms with Crippen molar-refractivity contribution in [1.29, 1.82) is 0 Å². The fourth-order valence-corrected chi connectivity index (χ4v) is 3.01. The third-order valence-corrected chi connectivity index (χ3v) is 3.64. The Morgan fingerprint density at radius 3 is 2.60 bits per heavy atom. The first-order valence-corrected chi connectivity index (χ1v) is 7.96. The fraction of sp³-hybridized carbons (Fsp3) is 0.750. The summed E-state index contributed by atoms with van der Waals surface area (Å²) >= 11 is 0. The quantitative estimate of drug-likeness (QED) is 0.549. The van der Waals surface area contributed by atoms with E-state index in [1.165, 1.54) is 13.2 Å². The van der Waals surface area contributed by atoms with Gasteiger partial charge in [-0.15, -0.1) is 0 Å². The number of carbonyl (C=O) groups excluding carboxylic acids is 1. The van der Waals surface area contributed by atoms with Crippen molar-refractivity contribution in [2.24, 2.45) is 0 Å². The predicted octanol–water partition coefficient (Wildman–Crippen LogP) is 0.354. The summed E-state index contributed by atoms with van der Waals surface area (Å²) in [5.41, 5.74) is 0.323. The normalized spacial score (nSPS) is 32.4. The number of hydrogen-bond donors (Lipinski definition) is 0. The molecule has 114 valence electrons. The van der Waals surface area contributed by atoms with Crippen LogP contribution < -0.4 is 0 Å². The van der Waals surface area contributed by atoms with E-state index in [0.717, 1.165) is 6.26 Å². The van der Waals surface area contributed by atoms with Crippen LogP contribution in [0.3, 0.4) is 0 Å². The van der Waals surface area contributed by atoms with Crippen molar-refractivity contribution < 1.29 is 31.6 Å². The minimum absolute atomic E-state index is 0.296. The highest BCUT2D eigenvalue weighted by atomic mass is 32.2. The van der Waals surface area contributed by atoms with Crippen molar-refractivity contribution in [2.45, 2.75) is 44.4 Å². The molecule has 0 aromatic rings. The van der Waals surface area contributed by atoms with Crippen LogP contribution in [0.1, 0.15) is 20.3 Å². The molecule has 8 heteroatoms. The highest BCUT2D eigenvalue weighted by Crippen LogP contribution is 2.38. The van der Waals surface area contributed by atoms with Gasteiger partial charge in [0.1, 0.15) is 12.2 Å². The Kier molecular flexibility index (Phi) is 3.94. The van der Waals surface area contributed by atoms with Crippen molar-refractivity contribution in [3.63, 3.8) is 0 Å². The Hall–Kier alpha value is -0.960. The van der Waals surface area contributed by atoms with Gasteiger partial charge in [-0.2, -0.15) is 8.42 Å². The van der Waals surface area contributed by atoms with Gasteiger partial charge in [-0.25, -0.2) is 4.79 Å². The lowest BCUT2D eigenvalue weighted by Gasteiger charge is -2.28. The summed E-state index contributed by atoms with van der Waals surface area (Å²) in [6.45, 7) is 3.45. The van der Waals surface area contributed by atoms with E-state index < -0.39 is 40.2 Å². The van der Waals surface area contributed by atoms with Crippen LogP contribution in [-0.4, -0.2) is 51.9 Å². The van der Waals surface area contributed by atoms with Crippen LogP contribution in [0.4, 0.5) is 0 Å². The highest BCUT2D eigenvalue weighted by Gasteiger charge is 2.49. The minimum Gasteiger partial charge on any atom is -0.466 e. The van der Waals surface area contributed by atoms with E-state index in [4.69, 9.17) is 13.7 Å². The predicted molar refractivity (Wildman–Crippen MR) is 68.3 cm³/mol. The van der Waals surface area contributed by atoms with E-state index in [2.05, 4.69) is 4.74 Å². The van der Waals surface area contributed by atoms with Gasteiger partial charge in [0.25, 0.3) is 10.1 Å². The topological polar surface area (TPSA) is 88.1 Å². The molecule has 0 aromatic heterocycles. The molecule has 0 radical (unpaired) electrons. The van der Waals surface area contributed by atoms with Crippen LogP contribution in [0.5, 0.6) is 0 Å². The maximum Gasteiger partial charge on any atom is 0.333 e. The second-order valence-electron chi connectivity index (χ2n) is 5.29. The molecule has 1 aliphatic carbocycles. The number of fused-ring (bicyclic) bond motifs is 1. The van der Waals surface area contributed by atoms with Gasteiger partial charge in [0, 0.05) is 12.0 Å². The van der Waals surface area contributed by atoms with E-state index in [9.17, 15) is 13.2 Å². The number of ether oxygens (including phenoxy) is 3. The van der Waals surface area contributed by atoms with Gasteiger partial charge in [-0.1, -0.05) is 0 Å². The molecule has 0 aromatic carbocycles. The molecule has 0 bridgehead atoms. The lowest BCUT2D eigenvalue weighted by molar-refractivity contribution is -0.150. The second-order valence-corrected chi connectivity index (χ2v) is 6.89. The average Bonchev–Trinajstić information content (AvgIpc) is 2.60. The first-order valence-electron chi connectivity index (χ1n) is 6.14. The molecule has 20 heavy (non-hydrogen) atoms. The van der Waals surface area contributed by atoms with E-state index in [1.54, 1.807) is 13.8 Å². The van der Waals surface area contributed by atoms with Crippen LogP contribution >= 0.6 is 0 Å². The average molecular weight is 306 g/mol. The van der Waals surface area contributed by atoms with E-state index in [1.807, 2.05) is 0 Å². The van der Waals surface area contributed by atoms with Crippen molar-refractivity contribution in [3.8, 4) is 0 Å². The number of methoxy groups -OCH3 is 1. The van der Waals surface area contributed by atoms with Crippen molar-refractivity contribution in [1.82, 2.24) is 0 Å². The third kappa shape index (κ3) is 3.38. The van der Waals surface area contributed by atoms with Gasteiger partial charge in [0.15, 0.2) is 5.79 Å². The lowest BCUT2D eigenvalue weighted by atomic mass is 9.92. The van der Waals surface area contributed by atoms with E-state index in [0.29, 0.717) is 12.0 Å². The zero-order chi connectivity index (χ0) is 15.1. The number of carbonyl (C=O) groups is 1. The fourth-order valence-electron chi connectivity index (χ4n) is 2.44. The van der Waals surface area contributed by atoms with Crippen molar-refractivity contribution in [2.75, 3.05) is 13.4 Å². The third-order valence-electron chi connectivity index (χ3n) is 3.07. The first-order chi connectivity index (χ1) is 9.11. The van der Waals surface area contributed by atoms with Crippen molar-refractivity contribution in [3.05, 3.63) is 11.6 Å². The molecular formula is C12H18O7S. The van der Waals surface area contributed by atoms with Gasteiger partial charge < -0.3 is 14.2 Å². The van der Waals surface area contributed by atoms with E-state index >= 15 is 0 Å². The Bertz CT molecular complexity index is 534. The summed E-state index contributed by atoms with van der Waals surface area (Å²) in [5.74, 6) is -1.38. The number of hydrogen-bond acceptors (Lipinski definition) is 7. The Labute approximate surface area is 118 Å². The van der Waals surface area contributed by atoms with Crippen LogP contribution in [0.15, 0.2) is 11.6 Å². The van der Waals surface area contributed by atoms with Gasteiger partial charge in [0.05, 0.1) is 19.5 Å². The molecule has 1 aliphatic heterocycles. The molecule has 2 rings (SSSR count). The summed E-state index contributed by atoms with van der Waals surface area (Å²) in [6.07, 6.45) is 0.746. The second kappa shape index (κ2) is 5.10. The molecule has 3 atom stereocenters. The molecule has 1 saturated heterocycles. The van der Waals surface area contributed by atoms with Crippen LogP contribution in [0.25, 0.3) is 0 Å². The summed E-state index contributed by atoms with van der Waals surface area (Å²) in [5, 5.41) is 0. The van der Waals surface area contributed by atoms with Crippen LogP contribution in [0, 0.1) is 0 Å². The van der Waals surface area contributed by atoms with Gasteiger partial charge >= 0.3 is 5.97 Å². The number of rotatable bonds is 3. The van der Waals surface area contributed by atoms with Gasteiger partial charge in [-0.3, -0.25) is 4.18 Å². The monoisotopic (exact) mass is 306 g/mol. The zero-order valence-corrected chi connectivity index (χ0v) is 12.6. The summed E-state index contributed by atoms with van der Waals surface area (Å²) in [6, 6.07) is 0. The maximum absolute atomic E-state index is 11.6. The van der Waals surface area contributed by atoms with Crippen LogP contribution in [0.2, 0.25) is 0 Å². The Morgan fingerprint density at radius 1 is 1.40 bits per heavy atom. The summed E-state index contributed by atoms with van der Waals surface area (Å²) < 4.78 is 43.7. The minimum atomic E-state index is -3.69. The largest absolute Gasteiger partial charge is 0.466 e. The van der Waals surface area contributed by atoms with Gasteiger partial charge in [0.2, 0.25) is 0 Å². The summed E-state index contributed by atoms with van der Waals surface area (Å²) in [7, 11) is -2.43. The Balaban J connectivity index is 2.30. The maximum atomic E-state index is 11.6. The molecule has 1 heterocycles. The molecule has 7 nitrogen and oxygen atoms in total. The molecule has 1 fully saturated rings. The molecule has 0 spiro atoms. The SMILES string of the molecule is COC(=O)C1=CC(OS(C)(=O)=O)[C@@H]2OC(C)(C)O[C@@H]2C1. The smallest absolute Gasteiger partial charge is 0.333 e. The standard InChI is InChI=1S/C12H18O7S/c1-12(2)17-8-5-7(11(13)16-3)6-9(10(8)18-12)19-20(4,14)15/h6,8-10H,5H2,1-4H3/t8-,9?,10-/m1/s1. The number of esters is 1. The zero-order valence-electron chi connectivity index (χ0n) is 11.8. The Morgan fingerprint density at radius 2 is 2.05 bits per heavy atom.